The predicted molar refractivity (Wildman–Crippen MR) is 83.8 cm³/mol. The number of benzene rings is 1. The van der Waals surface area contributed by atoms with Gasteiger partial charge in [-0.1, -0.05) is 18.2 Å². The molecule has 0 saturated heterocycles. The van der Waals surface area contributed by atoms with Gasteiger partial charge in [-0.15, -0.1) is 0 Å². The molecule has 3 heterocycles. The lowest BCUT2D eigenvalue weighted by Gasteiger charge is -2.09. The van der Waals surface area contributed by atoms with E-state index in [1.54, 1.807) is 30.5 Å². The van der Waals surface area contributed by atoms with Gasteiger partial charge in [0.1, 0.15) is 5.65 Å². The van der Waals surface area contributed by atoms with Crippen LogP contribution in [-0.2, 0) is 12.7 Å². The number of halogens is 3. The van der Waals surface area contributed by atoms with E-state index in [2.05, 4.69) is 9.97 Å². The predicted octanol–water partition coefficient (Wildman–Crippen LogP) is 4.06. The summed E-state index contributed by atoms with van der Waals surface area (Å²) in [6.45, 7) is 1.96. The molecule has 4 nitrogen and oxygen atoms in total. The maximum Gasteiger partial charge on any atom is 0.449 e. The Morgan fingerprint density at radius 2 is 1.79 bits per heavy atom. The van der Waals surface area contributed by atoms with Crippen LogP contribution < -0.4 is 0 Å². The normalized spacial score (nSPS) is 12.3. The summed E-state index contributed by atoms with van der Waals surface area (Å²) in [6.07, 6.45) is -0.880. The van der Waals surface area contributed by atoms with Gasteiger partial charge in [0.25, 0.3) is 0 Å². The number of aryl methyl sites for hydroxylation is 1. The lowest BCUT2D eigenvalue weighted by molar-refractivity contribution is -0.146. The highest BCUT2D eigenvalue weighted by molar-refractivity contribution is 5.76. The number of fused-ring (bicyclic) bond motifs is 2. The fourth-order valence-electron chi connectivity index (χ4n) is 2.85. The molecular formula is C17H13F3N4. The number of para-hydroxylation sites is 2. The minimum atomic E-state index is -4.52. The van der Waals surface area contributed by atoms with E-state index in [-0.39, 0.29) is 6.54 Å². The smallest absolute Gasteiger partial charge is 0.314 e. The third kappa shape index (κ3) is 2.42. The molecule has 0 unspecified atom stereocenters. The number of alkyl halides is 3. The summed E-state index contributed by atoms with van der Waals surface area (Å²) in [7, 11) is 0. The molecule has 0 bridgehead atoms. The number of hydrogen-bond donors (Lipinski definition) is 0. The molecule has 3 aromatic heterocycles. The van der Waals surface area contributed by atoms with Crippen molar-refractivity contribution in [2.75, 3.05) is 0 Å². The fourth-order valence-corrected chi connectivity index (χ4v) is 2.85. The van der Waals surface area contributed by atoms with Crippen molar-refractivity contribution >= 4 is 16.7 Å². The average molecular weight is 330 g/mol. The van der Waals surface area contributed by atoms with Crippen LogP contribution in [-0.4, -0.2) is 18.9 Å². The maximum atomic E-state index is 13.3. The van der Waals surface area contributed by atoms with Crippen molar-refractivity contribution in [1.82, 2.24) is 18.9 Å². The molecular weight excluding hydrogens is 317 g/mol. The quantitative estimate of drug-likeness (QED) is 0.555. The van der Waals surface area contributed by atoms with Crippen molar-refractivity contribution in [3.05, 3.63) is 65.9 Å². The van der Waals surface area contributed by atoms with Crippen LogP contribution in [0.4, 0.5) is 13.2 Å². The maximum absolute atomic E-state index is 13.3. The van der Waals surface area contributed by atoms with E-state index in [1.807, 2.05) is 29.7 Å². The van der Waals surface area contributed by atoms with E-state index >= 15 is 0 Å². The van der Waals surface area contributed by atoms with Crippen LogP contribution in [0.15, 0.2) is 48.8 Å². The summed E-state index contributed by atoms with van der Waals surface area (Å²) in [5.74, 6) is -0.906. The van der Waals surface area contributed by atoms with Gasteiger partial charge in [0, 0.05) is 12.4 Å². The van der Waals surface area contributed by atoms with E-state index in [1.165, 1.54) is 4.57 Å². The summed E-state index contributed by atoms with van der Waals surface area (Å²) >= 11 is 0. The van der Waals surface area contributed by atoms with Crippen LogP contribution in [0, 0.1) is 6.92 Å². The highest BCUT2D eigenvalue weighted by Crippen LogP contribution is 2.32. The van der Waals surface area contributed by atoms with Crippen LogP contribution in [0.3, 0.4) is 0 Å². The largest absolute Gasteiger partial charge is 0.449 e. The molecule has 0 atom stereocenters. The number of hydrogen-bond acceptors (Lipinski definition) is 2. The van der Waals surface area contributed by atoms with Crippen LogP contribution >= 0.6 is 0 Å². The molecule has 0 amide bonds. The molecule has 1 aromatic carbocycles. The summed E-state index contributed by atoms with van der Waals surface area (Å²) in [5.41, 5.74) is 3.07. The van der Waals surface area contributed by atoms with Crippen molar-refractivity contribution in [1.29, 1.82) is 0 Å². The Morgan fingerprint density at radius 1 is 1.00 bits per heavy atom. The second-order valence-electron chi connectivity index (χ2n) is 5.71. The zero-order valence-corrected chi connectivity index (χ0v) is 12.7. The molecule has 4 rings (SSSR count). The number of rotatable bonds is 2. The lowest BCUT2D eigenvalue weighted by atomic mass is 10.3. The first kappa shape index (κ1) is 14.7. The monoisotopic (exact) mass is 330 g/mol. The first-order valence-corrected chi connectivity index (χ1v) is 7.38. The second-order valence-corrected chi connectivity index (χ2v) is 5.71. The van der Waals surface area contributed by atoms with Gasteiger partial charge in [-0.25, -0.2) is 9.97 Å². The molecule has 0 spiro atoms. The topological polar surface area (TPSA) is 35.1 Å². The van der Waals surface area contributed by atoms with E-state index in [0.717, 1.165) is 5.56 Å². The number of nitrogens with zero attached hydrogens (tertiary/aromatic N) is 4. The highest BCUT2D eigenvalue weighted by atomic mass is 19.4. The van der Waals surface area contributed by atoms with Gasteiger partial charge in [0.2, 0.25) is 5.82 Å². The van der Waals surface area contributed by atoms with Crippen LogP contribution in [0.25, 0.3) is 16.7 Å². The SMILES string of the molecule is Cc1ccc2nc(Cn3c(C(F)(F)F)nc4ccccc43)cn2c1. The van der Waals surface area contributed by atoms with Gasteiger partial charge < -0.3 is 8.97 Å². The molecule has 0 saturated carbocycles. The molecule has 24 heavy (non-hydrogen) atoms. The third-order valence-corrected chi connectivity index (χ3v) is 3.88. The molecule has 0 fully saturated rings. The molecule has 0 aliphatic carbocycles. The standard InChI is InChI=1S/C17H13F3N4/c1-11-6-7-15-21-12(9-23(15)8-11)10-24-14-5-3-2-4-13(14)22-16(24)17(18,19)20/h2-9H,10H2,1H3. The lowest BCUT2D eigenvalue weighted by Crippen LogP contribution is -2.15. The van der Waals surface area contributed by atoms with E-state index < -0.39 is 12.0 Å². The summed E-state index contributed by atoms with van der Waals surface area (Å²) in [5, 5.41) is 0. The Morgan fingerprint density at radius 3 is 2.58 bits per heavy atom. The molecule has 0 N–H and O–H groups in total. The Balaban J connectivity index is 1.85. The van der Waals surface area contributed by atoms with Gasteiger partial charge in [0.05, 0.1) is 23.3 Å². The van der Waals surface area contributed by atoms with E-state index in [4.69, 9.17) is 0 Å². The first-order valence-electron chi connectivity index (χ1n) is 7.38. The molecule has 4 aromatic rings. The Labute approximate surface area is 135 Å². The highest BCUT2D eigenvalue weighted by Gasteiger charge is 2.37. The molecule has 0 aliphatic rings. The van der Waals surface area contributed by atoms with Crippen molar-refractivity contribution in [2.24, 2.45) is 0 Å². The summed E-state index contributed by atoms with van der Waals surface area (Å²) in [6, 6.07) is 10.3. The molecule has 122 valence electrons. The Kier molecular flexibility index (Phi) is 3.13. The number of imidazole rings is 2. The van der Waals surface area contributed by atoms with Gasteiger partial charge in [0.15, 0.2) is 0 Å². The number of aromatic nitrogens is 4. The van der Waals surface area contributed by atoms with Crippen LogP contribution in [0.2, 0.25) is 0 Å². The van der Waals surface area contributed by atoms with Gasteiger partial charge in [-0.2, -0.15) is 13.2 Å². The average Bonchev–Trinajstić information content (AvgIpc) is 3.08. The van der Waals surface area contributed by atoms with Crippen molar-refractivity contribution in [3.63, 3.8) is 0 Å². The number of pyridine rings is 1. The third-order valence-electron chi connectivity index (χ3n) is 3.88. The van der Waals surface area contributed by atoms with E-state index in [0.29, 0.717) is 22.4 Å². The minimum absolute atomic E-state index is 0.0100. The van der Waals surface area contributed by atoms with Crippen LogP contribution in [0.5, 0.6) is 0 Å². The van der Waals surface area contributed by atoms with Crippen molar-refractivity contribution in [3.8, 4) is 0 Å². The first-order chi connectivity index (χ1) is 11.4. The summed E-state index contributed by atoms with van der Waals surface area (Å²) < 4.78 is 43.0. The zero-order chi connectivity index (χ0) is 16.9. The molecule has 7 heteroatoms. The van der Waals surface area contributed by atoms with Crippen molar-refractivity contribution in [2.45, 2.75) is 19.6 Å². The molecule has 0 aliphatic heterocycles. The van der Waals surface area contributed by atoms with Crippen LogP contribution in [0.1, 0.15) is 17.1 Å². The van der Waals surface area contributed by atoms with Gasteiger partial charge in [-0.05, 0) is 30.7 Å². The second kappa shape index (κ2) is 5.09. The van der Waals surface area contributed by atoms with Gasteiger partial charge in [-0.3, -0.25) is 0 Å². The zero-order valence-electron chi connectivity index (χ0n) is 12.7. The molecule has 0 radical (unpaired) electrons. The van der Waals surface area contributed by atoms with Gasteiger partial charge >= 0.3 is 6.18 Å². The Bertz CT molecular complexity index is 1040. The Hall–Kier alpha value is -2.83. The minimum Gasteiger partial charge on any atom is -0.314 e. The van der Waals surface area contributed by atoms with Crippen molar-refractivity contribution < 1.29 is 13.2 Å². The summed E-state index contributed by atoms with van der Waals surface area (Å²) in [4.78, 5) is 8.16. The van der Waals surface area contributed by atoms with E-state index in [9.17, 15) is 13.2 Å². The fraction of sp³-hybridized carbons (Fsp3) is 0.176.